The molecule has 0 radical (unpaired) electrons. The van der Waals surface area contributed by atoms with E-state index >= 15 is 0 Å². The highest BCUT2D eigenvalue weighted by Crippen LogP contribution is 2.31. The van der Waals surface area contributed by atoms with E-state index in [2.05, 4.69) is 24.5 Å². The van der Waals surface area contributed by atoms with Crippen LogP contribution in [0.2, 0.25) is 0 Å². The number of nitrogens with one attached hydrogen (secondary N) is 2. The minimum Gasteiger partial charge on any atom is -0.379 e. The first-order chi connectivity index (χ1) is 14.2. The number of hydrogen-bond donors (Lipinski definition) is 3. The maximum atomic E-state index is 12.5. The van der Waals surface area contributed by atoms with Crippen molar-refractivity contribution in [3.63, 3.8) is 0 Å². The molecule has 0 spiro atoms. The summed E-state index contributed by atoms with van der Waals surface area (Å²) in [5.41, 5.74) is -0.301. The summed E-state index contributed by atoms with van der Waals surface area (Å²) >= 11 is 1.60. The molecule has 164 valence electrons. The van der Waals surface area contributed by atoms with Crippen LogP contribution in [-0.2, 0) is 14.8 Å². The zero-order valence-corrected chi connectivity index (χ0v) is 18.5. The number of benzene rings is 1. The number of hydrogen-bond acceptors (Lipinski definition) is 7. The van der Waals surface area contributed by atoms with Gasteiger partial charge in [-0.15, -0.1) is 11.3 Å². The van der Waals surface area contributed by atoms with Crippen LogP contribution in [0.1, 0.15) is 44.0 Å². The van der Waals surface area contributed by atoms with Gasteiger partial charge in [0.15, 0.2) is 0 Å². The van der Waals surface area contributed by atoms with Crippen LogP contribution >= 0.6 is 11.3 Å². The van der Waals surface area contributed by atoms with Crippen molar-refractivity contribution in [1.29, 1.82) is 0 Å². The number of nitrogens with two attached hydrogens (primary N) is 1. The van der Waals surface area contributed by atoms with Gasteiger partial charge in [-0.25, -0.2) is 13.6 Å². The number of nitro groups is 1. The zero-order chi connectivity index (χ0) is 22.3. The van der Waals surface area contributed by atoms with E-state index in [4.69, 9.17) is 5.14 Å². The molecule has 0 bridgehead atoms. The van der Waals surface area contributed by atoms with Gasteiger partial charge in [0.25, 0.3) is 5.69 Å². The second-order valence-electron chi connectivity index (χ2n) is 6.80. The summed E-state index contributed by atoms with van der Waals surface area (Å²) in [5, 5.41) is 24.2. The van der Waals surface area contributed by atoms with E-state index in [0.717, 1.165) is 23.8 Å². The number of sulfonamides is 1. The van der Waals surface area contributed by atoms with Gasteiger partial charge in [-0.3, -0.25) is 14.9 Å². The van der Waals surface area contributed by atoms with Crippen LogP contribution in [0.5, 0.6) is 0 Å². The van der Waals surface area contributed by atoms with Crippen molar-refractivity contribution in [1.82, 2.24) is 5.32 Å². The van der Waals surface area contributed by atoms with Gasteiger partial charge < -0.3 is 10.6 Å². The predicted molar refractivity (Wildman–Crippen MR) is 117 cm³/mol. The lowest BCUT2D eigenvalue weighted by Crippen LogP contribution is -2.33. The molecule has 2 aromatic rings. The molecule has 30 heavy (non-hydrogen) atoms. The van der Waals surface area contributed by atoms with Crippen molar-refractivity contribution in [2.24, 2.45) is 11.1 Å². The fourth-order valence-electron chi connectivity index (χ4n) is 3.19. The fourth-order valence-corrected chi connectivity index (χ4v) is 4.60. The normalized spacial score (nSPS) is 12.5. The molecule has 0 saturated heterocycles. The minimum absolute atomic E-state index is 0.0733. The highest BCUT2D eigenvalue weighted by molar-refractivity contribution is 7.89. The predicted octanol–water partition coefficient (Wildman–Crippen LogP) is 3.40. The molecule has 1 unspecified atom stereocenters. The number of primary sulfonamides is 1. The van der Waals surface area contributed by atoms with Crippen LogP contribution in [0.4, 0.5) is 11.4 Å². The Morgan fingerprint density at radius 3 is 2.50 bits per heavy atom. The van der Waals surface area contributed by atoms with Gasteiger partial charge in [0, 0.05) is 23.9 Å². The van der Waals surface area contributed by atoms with E-state index in [-0.39, 0.29) is 35.5 Å². The average Bonchev–Trinajstić information content (AvgIpc) is 3.21. The lowest BCUT2D eigenvalue weighted by atomic mass is 9.93. The molecular weight excluding hydrogens is 428 g/mol. The molecule has 1 amide bonds. The molecule has 1 aromatic heterocycles. The van der Waals surface area contributed by atoms with E-state index < -0.39 is 20.6 Å². The van der Waals surface area contributed by atoms with Crippen molar-refractivity contribution in [2.75, 3.05) is 11.9 Å². The zero-order valence-electron chi connectivity index (χ0n) is 16.8. The first-order valence-corrected chi connectivity index (χ1v) is 12.0. The van der Waals surface area contributed by atoms with Crippen molar-refractivity contribution in [3.05, 3.63) is 50.7 Å². The molecular formula is C19H26N4O5S2. The van der Waals surface area contributed by atoms with Gasteiger partial charge in [0.2, 0.25) is 15.9 Å². The van der Waals surface area contributed by atoms with Gasteiger partial charge in [-0.05, 0) is 29.5 Å². The number of amides is 1. The molecule has 0 aliphatic rings. The van der Waals surface area contributed by atoms with Crippen molar-refractivity contribution in [2.45, 2.75) is 44.0 Å². The van der Waals surface area contributed by atoms with E-state index in [1.165, 1.54) is 12.1 Å². The summed E-state index contributed by atoms with van der Waals surface area (Å²) in [6, 6.07) is 7.24. The van der Waals surface area contributed by atoms with E-state index in [1.54, 1.807) is 11.3 Å². The largest absolute Gasteiger partial charge is 0.379 e. The Morgan fingerprint density at radius 2 is 1.97 bits per heavy atom. The van der Waals surface area contributed by atoms with Crippen LogP contribution in [0.25, 0.3) is 0 Å². The Labute approximate surface area is 179 Å². The number of thiophene rings is 1. The maximum Gasteiger partial charge on any atom is 0.293 e. The summed E-state index contributed by atoms with van der Waals surface area (Å²) in [4.78, 5) is 23.8. The lowest BCUT2D eigenvalue weighted by molar-refractivity contribution is -0.384. The van der Waals surface area contributed by atoms with Crippen LogP contribution in [-0.4, -0.2) is 25.8 Å². The van der Waals surface area contributed by atoms with Crippen LogP contribution in [0.3, 0.4) is 0 Å². The molecule has 2 rings (SSSR count). The Hall–Kier alpha value is -2.50. The second kappa shape index (κ2) is 10.5. The quantitative estimate of drug-likeness (QED) is 0.350. The highest BCUT2D eigenvalue weighted by Gasteiger charge is 2.23. The molecule has 4 N–H and O–H groups in total. The summed E-state index contributed by atoms with van der Waals surface area (Å²) in [7, 11) is -4.05. The van der Waals surface area contributed by atoms with Gasteiger partial charge in [-0.1, -0.05) is 32.8 Å². The highest BCUT2D eigenvalue weighted by atomic mass is 32.2. The molecule has 11 heteroatoms. The third-order valence-electron chi connectivity index (χ3n) is 4.85. The van der Waals surface area contributed by atoms with Gasteiger partial charge in [-0.2, -0.15) is 0 Å². The molecule has 1 heterocycles. The fraction of sp³-hybridized carbons (Fsp3) is 0.421. The molecule has 1 aromatic carbocycles. The number of anilines is 1. The Kier molecular flexibility index (Phi) is 8.33. The SMILES string of the molecule is CCC(CC)C(NC(=O)CCNc1ccc(S(N)(=O)=O)cc1[N+](=O)[O-])c1cccs1. The van der Waals surface area contributed by atoms with Crippen LogP contribution in [0.15, 0.2) is 40.6 Å². The topological polar surface area (TPSA) is 144 Å². The summed E-state index contributed by atoms with van der Waals surface area (Å²) < 4.78 is 22.8. The molecule has 0 fully saturated rings. The third-order valence-corrected chi connectivity index (χ3v) is 6.71. The molecule has 1 atom stereocenters. The summed E-state index contributed by atoms with van der Waals surface area (Å²) in [6.45, 7) is 4.33. The van der Waals surface area contributed by atoms with Crippen LogP contribution < -0.4 is 15.8 Å². The van der Waals surface area contributed by atoms with Crippen LogP contribution in [0, 0.1) is 16.0 Å². The van der Waals surface area contributed by atoms with E-state index in [1.807, 2.05) is 17.5 Å². The maximum absolute atomic E-state index is 12.5. The molecule has 0 saturated carbocycles. The molecule has 0 aliphatic carbocycles. The Bertz CT molecular complexity index is 973. The smallest absolute Gasteiger partial charge is 0.293 e. The average molecular weight is 455 g/mol. The molecule has 0 aliphatic heterocycles. The Morgan fingerprint density at radius 1 is 1.27 bits per heavy atom. The first kappa shape index (κ1) is 23.8. The van der Waals surface area contributed by atoms with E-state index in [0.29, 0.717) is 5.92 Å². The number of nitrogens with zero attached hydrogens (tertiary/aromatic N) is 1. The lowest BCUT2D eigenvalue weighted by Gasteiger charge is -2.25. The van der Waals surface area contributed by atoms with Gasteiger partial charge in [0.05, 0.1) is 15.9 Å². The monoisotopic (exact) mass is 454 g/mol. The summed E-state index contributed by atoms with van der Waals surface area (Å²) in [5.74, 6) is 0.143. The first-order valence-electron chi connectivity index (χ1n) is 9.55. The molecule has 9 nitrogen and oxygen atoms in total. The van der Waals surface area contributed by atoms with Gasteiger partial charge >= 0.3 is 0 Å². The van der Waals surface area contributed by atoms with Gasteiger partial charge in [0.1, 0.15) is 5.69 Å². The summed E-state index contributed by atoms with van der Waals surface area (Å²) in [6.07, 6.45) is 1.97. The number of carbonyl (C=O) groups is 1. The van der Waals surface area contributed by atoms with Crippen molar-refractivity contribution >= 4 is 38.6 Å². The van der Waals surface area contributed by atoms with Crippen molar-refractivity contribution in [3.8, 4) is 0 Å². The Balaban J connectivity index is 2.03. The minimum atomic E-state index is -4.05. The number of nitro benzene ring substituents is 1. The third kappa shape index (κ3) is 6.25. The number of carbonyl (C=O) groups excluding carboxylic acids is 1. The second-order valence-corrected chi connectivity index (χ2v) is 9.34. The number of rotatable bonds is 11. The standard InChI is InChI=1S/C19H26N4O5S2/c1-3-13(4-2)19(17-6-5-11-29-17)22-18(24)9-10-21-15-8-7-14(30(20,27)28)12-16(15)23(25)26/h5-8,11-13,19,21H,3-4,9-10H2,1-2H3,(H,22,24)(H2,20,27,28). The van der Waals surface area contributed by atoms with Crippen molar-refractivity contribution < 1.29 is 18.1 Å². The van der Waals surface area contributed by atoms with E-state index in [9.17, 15) is 23.3 Å².